The second kappa shape index (κ2) is 12.8. The third-order valence-electron chi connectivity index (χ3n) is 6.15. The molecule has 4 rings (SSSR count). The molecule has 1 heterocycles. The van der Waals surface area contributed by atoms with Gasteiger partial charge in [-0.3, -0.25) is 4.79 Å². The second-order valence-electron chi connectivity index (χ2n) is 8.61. The Morgan fingerprint density at radius 3 is 2.28 bits per heavy atom. The van der Waals surface area contributed by atoms with E-state index in [-0.39, 0.29) is 24.1 Å². The van der Waals surface area contributed by atoms with Crippen LogP contribution in [0, 0.1) is 5.82 Å². The minimum atomic E-state index is -0.268. The van der Waals surface area contributed by atoms with Crippen molar-refractivity contribution in [2.45, 2.75) is 32.7 Å². The number of halogens is 2. The minimum absolute atomic E-state index is 0. The summed E-state index contributed by atoms with van der Waals surface area (Å²) in [5.41, 5.74) is 4.05. The van der Waals surface area contributed by atoms with Crippen LogP contribution >= 0.6 is 23.7 Å². The first-order valence-electron chi connectivity index (χ1n) is 12.0. The van der Waals surface area contributed by atoms with E-state index in [1.807, 2.05) is 30.3 Å². The van der Waals surface area contributed by atoms with Crippen LogP contribution in [-0.2, 0) is 0 Å². The standard InChI is InChI=1S/C28H31FN4OS.ClH/c1-4-23(5-2)30-16-17-33(3)28-32-25-15-14-24(18-26(25)35-28)31-27(34)21-8-6-19(7-9-21)20-10-12-22(29)13-11-20;/h6-15,18,23,30H,4-5,16-17H2,1-3H3,(H,31,34);1H. The first-order chi connectivity index (χ1) is 17.0. The highest BCUT2D eigenvalue weighted by molar-refractivity contribution is 7.22. The summed E-state index contributed by atoms with van der Waals surface area (Å²) in [4.78, 5) is 19.7. The lowest BCUT2D eigenvalue weighted by atomic mass is 10.0. The molecule has 0 saturated heterocycles. The largest absolute Gasteiger partial charge is 0.350 e. The van der Waals surface area contributed by atoms with Gasteiger partial charge < -0.3 is 15.5 Å². The third kappa shape index (κ3) is 6.81. The van der Waals surface area contributed by atoms with E-state index in [1.54, 1.807) is 35.6 Å². The molecule has 8 heteroatoms. The molecule has 0 bridgehead atoms. The number of anilines is 2. The summed E-state index contributed by atoms with van der Waals surface area (Å²) in [6.45, 7) is 6.21. The Hall–Kier alpha value is -3.00. The Kier molecular flexibility index (Phi) is 9.81. The van der Waals surface area contributed by atoms with Gasteiger partial charge in [0.1, 0.15) is 5.82 Å². The maximum atomic E-state index is 13.2. The molecule has 0 unspecified atom stereocenters. The van der Waals surface area contributed by atoms with Gasteiger partial charge in [0.2, 0.25) is 0 Å². The number of hydrogen-bond donors (Lipinski definition) is 2. The number of rotatable bonds is 10. The topological polar surface area (TPSA) is 57.3 Å². The van der Waals surface area contributed by atoms with E-state index in [4.69, 9.17) is 4.98 Å². The first-order valence-corrected chi connectivity index (χ1v) is 12.8. The van der Waals surface area contributed by atoms with Gasteiger partial charge >= 0.3 is 0 Å². The van der Waals surface area contributed by atoms with Crippen molar-refractivity contribution in [1.29, 1.82) is 0 Å². The first kappa shape index (κ1) is 27.6. The highest BCUT2D eigenvalue weighted by Gasteiger charge is 2.12. The van der Waals surface area contributed by atoms with Crippen molar-refractivity contribution in [2.75, 3.05) is 30.4 Å². The van der Waals surface area contributed by atoms with Crippen LogP contribution in [0.5, 0.6) is 0 Å². The molecule has 0 radical (unpaired) electrons. The van der Waals surface area contributed by atoms with Crippen molar-refractivity contribution >= 4 is 50.7 Å². The maximum Gasteiger partial charge on any atom is 0.255 e. The molecular formula is C28H32ClFN4OS. The monoisotopic (exact) mass is 526 g/mol. The lowest BCUT2D eigenvalue weighted by Crippen LogP contribution is -2.35. The number of likely N-dealkylation sites (N-methyl/N-ethyl adjacent to an activating group) is 1. The van der Waals surface area contributed by atoms with Gasteiger partial charge in [0.25, 0.3) is 5.91 Å². The molecule has 36 heavy (non-hydrogen) atoms. The molecule has 0 aliphatic heterocycles. The maximum absolute atomic E-state index is 13.2. The van der Waals surface area contributed by atoms with E-state index in [0.717, 1.165) is 58.1 Å². The zero-order valence-corrected chi connectivity index (χ0v) is 22.4. The van der Waals surface area contributed by atoms with Gasteiger partial charge in [0.15, 0.2) is 5.13 Å². The molecule has 3 aromatic carbocycles. The summed E-state index contributed by atoms with van der Waals surface area (Å²) in [6.07, 6.45) is 2.27. The number of amides is 1. The average molecular weight is 527 g/mol. The van der Waals surface area contributed by atoms with Crippen LogP contribution in [0.2, 0.25) is 0 Å². The van der Waals surface area contributed by atoms with Gasteiger partial charge in [0.05, 0.1) is 10.2 Å². The lowest BCUT2D eigenvalue weighted by Gasteiger charge is -2.19. The van der Waals surface area contributed by atoms with Crippen LogP contribution in [0.3, 0.4) is 0 Å². The zero-order chi connectivity index (χ0) is 24.8. The van der Waals surface area contributed by atoms with Crippen LogP contribution in [0.25, 0.3) is 21.3 Å². The number of nitrogens with one attached hydrogen (secondary N) is 2. The van der Waals surface area contributed by atoms with Crippen molar-refractivity contribution in [3.63, 3.8) is 0 Å². The number of carbonyl (C=O) groups is 1. The molecule has 5 nitrogen and oxygen atoms in total. The molecule has 0 aliphatic carbocycles. The van der Waals surface area contributed by atoms with E-state index in [2.05, 4.69) is 36.4 Å². The van der Waals surface area contributed by atoms with Gasteiger partial charge in [-0.25, -0.2) is 9.37 Å². The Morgan fingerprint density at radius 1 is 1.00 bits per heavy atom. The fourth-order valence-electron chi connectivity index (χ4n) is 3.92. The molecule has 1 aromatic heterocycles. The van der Waals surface area contributed by atoms with Crippen LogP contribution in [0.15, 0.2) is 66.7 Å². The normalized spacial score (nSPS) is 10.9. The van der Waals surface area contributed by atoms with Gasteiger partial charge in [0, 0.05) is 37.4 Å². The molecule has 0 aliphatic rings. The Labute approximate surface area is 222 Å². The lowest BCUT2D eigenvalue weighted by molar-refractivity contribution is 0.102. The van der Waals surface area contributed by atoms with Crippen molar-refractivity contribution in [2.24, 2.45) is 0 Å². The SMILES string of the molecule is CCC(CC)NCCN(C)c1nc2ccc(NC(=O)c3ccc(-c4ccc(F)cc4)cc3)cc2s1.Cl. The Bertz CT molecular complexity index is 1270. The Morgan fingerprint density at radius 2 is 1.64 bits per heavy atom. The van der Waals surface area contributed by atoms with Crippen LogP contribution in [0.4, 0.5) is 15.2 Å². The van der Waals surface area contributed by atoms with Crippen molar-refractivity contribution < 1.29 is 9.18 Å². The van der Waals surface area contributed by atoms with Crippen molar-refractivity contribution in [3.05, 3.63) is 78.1 Å². The number of hydrogen-bond acceptors (Lipinski definition) is 5. The van der Waals surface area contributed by atoms with E-state index in [0.29, 0.717) is 11.6 Å². The predicted molar refractivity (Wildman–Crippen MR) is 152 cm³/mol. The number of benzene rings is 3. The Balaban J connectivity index is 0.00000361. The van der Waals surface area contributed by atoms with Crippen LogP contribution in [0.1, 0.15) is 37.0 Å². The van der Waals surface area contributed by atoms with E-state index >= 15 is 0 Å². The van der Waals surface area contributed by atoms with E-state index in [1.165, 1.54) is 12.1 Å². The number of nitrogens with zero attached hydrogens (tertiary/aromatic N) is 2. The average Bonchev–Trinajstić information content (AvgIpc) is 3.31. The molecule has 190 valence electrons. The number of fused-ring (bicyclic) bond motifs is 1. The minimum Gasteiger partial charge on any atom is -0.350 e. The zero-order valence-electron chi connectivity index (χ0n) is 20.8. The van der Waals surface area contributed by atoms with Gasteiger partial charge in [-0.2, -0.15) is 0 Å². The fourth-order valence-corrected chi connectivity index (χ4v) is 4.91. The summed E-state index contributed by atoms with van der Waals surface area (Å²) in [6, 6.07) is 20.0. The molecular weight excluding hydrogens is 495 g/mol. The summed E-state index contributed by atoms with van der Waals surface area (Å²) >= 11 is 1.62. The number of carbonyl (C=O) groups excluding carboxylic acids is 1. The van der Waals surface area contributed by atoms with Crippen LogP contribution < -0.4 is 15.5 Å². The van der Waals surface area contributed by atoms with Crippen LogP contribution in [-0.4, -0.2) is 37.1 Å². The summed E-state index contributed by atoms with van der Waals surface area (Å²) in [5.74, 6) is -0.445. The summed E-state index contributed by atoms with van der Waals surface area (Å²) in [5, 5.41) is 7.53. The molecule has 4 aromatic rings. The molecule has 0 fully saturated rings. The molecule has 0 atom stereocenters. The highest BCUT2D eigenvalue weighted by atomic mass is 35.5. The molecule has 0 spiro atoms. The fraction of sp³-hybridized carbons (Fsp3) is 0.286. The molecule has 2 N–H and O–H groups in total. The van der Waals surface area contributed by atoms with E-state index < -0.39 is 0 Å². The second-order valence-corrected chi connectivity index (χ2v) is 9.62. The smallest absolute Gasteiger partial charge is 0.255 e. The van der Waals surface area contributed by atoms with Gasteiger partial charge in [-0.1, -0.05) is 49.4 Å². The summed E-state index contributed by atoms with van der Waals surface area (Å²) < 4.78 is 14.2. The molecule has 0 saturated carbocycles. The van der Waals surface area contributed by atoms with Crippen molar-refractivity contribution in [3.8, 4) is 11.1 Å². The molecule has 1 amide bonds. The van der Waals surface area contributed by atoms with Gasteiger partial charge in [-0.15, -0.1) is 12.4 Å². The third-order valence-corrected chi connectivity index (χ3v) is 7.28. The summed E-state index contributed by atoms with van der Waals surface area (Å²) in [7, 11) is 2.06. The van der Waals surface area contributed by atoms with Crippen molar-refractivity contribution in [1.82, 2.24) is 10.3 Å². The van der Waals surface area contributed by atoms with E-state index in [9.17, 15) is 9.18 Å². The number of aromatic nitrogens is 1. The number of thiazole rings is 1. The predicted octanol–water partition coefficient (Wildman–Crippen LogP) is 6.99. The van der Waals surface area contributed by atoms with Gasteiger partial charge in [-0.05, 0) is 66.4 Å². The highest BCUT2D eigenvalue weighted by Crippen LogP contribution is 2.30. The quantitative estimate of drug-likeness (QED) is 0.234.